The van der Waals surface area contributed by atoms with Crippen molar-refractivity contribution < 1.29 is 4.42 Å². The number of thiazole rings is 1. The first-order valence-electron chi connectivity index (χ1n) is 7.33. The number of nitrogens with zero attached hydrogens (tertiary/aromatic N) is 2. The first kappa shape index (κ1) is 15.8. The van der Waals surface area contributed by atoms with Gasteiger partial charge >= 0.3 is 0 Å². The summed E-state index contributed by atoms with van der Waals surface area (Å²) in [6.07, 6.45) is 3.35. The standard InChI is InChI=1S/C16H17ClN4OS/c1-2-18-16(19-8-11-5-6-22-10-11)20-9-15-21-13-7-12(17)3-4-14(13)23-15/h3-7,10H,2,8-9H2,1H3,(H2,18,19,20). The van der Waals surface area contributed by atoms with Crippen molar-refractivity contribution in [2.24, 2.45) is 4.99 Å². The number of aliphatic imine (C=N–C) groups is 1. The number of halogens is 1. The van der Waals surface area contributed by atoms with Crippen molar-refractivity contribution in [1.29, 1.82) is 0 Å². The van der Waals surface area contributed by atoms with E-state index < -0.39 is 0 Å². The Hall–Kier alpha value is -2.05. The quantitative estimate of drug-likeness (QED) is 0.544. The second-order valence-corrected chi connectivity index (χ2v) is 6.45. The molecule has 0 amide bonds. The van der Waals surface area contributed by atoms with Crippen LogP contribution in [0.15, 0.2) is 46.2 Å². The average Bonchev–Trinajstić information content (AvgIpc) is 3.18. The topological polar surface area (TPSA) is 62.5 Å². The third-order valence-electron chi connectivity index (χ3n) is 3.15. The molecule has 0 bridgehead atoms. The molecule has 0 fully saturated rings. The predicted molar refractivity (Wildman–Crippen MR) is 95.0 cm³/mol. The van der Waals surface area contributed by atoms with E-state index >= 15 is 0 Å². The molecule has 3 rings (SSSR count). The highest BCUT2D eigenvalue weighted by molar-refractivity contribution is 7.18. The molecule has 2 aromatic heterocycles. The smallest absolute Gasteiger partial charge is 0.191 e. The number of furan rings is 1. The van der Waals surface area contributed by atoms with Gasteiger partial charge in [0.15, 0.2) is 5.96 Å². The van der Waals surface area contributed by atoms with Gasteiger partial charge in [0.05, 0.1) is 35.8 Å². The van der Waals surface area contributed by atoms with Crippen molar-refractivity contribution in [3.63, 3.8) is 0 Å². The lowest BCUT2D eigenvalue weighted by atomic mass is 10.3. The van der Waals surface area contributed by atoms with Crippen LogP contribution in [0.3, 0.4) is 0 Å². The van der Waals surface area contributed by atoms with Crippen LogP contribution in [0.1, 0.15) is 17.5 Å². The number of nitrogens with one attached hydrogen (secondary N) is 2. The van der Waals surface area contributed by atoms with Gasteiger partial charge in [-0.15, -0.1) is 11.3 Å². The van der Waals surface area contributed by atoms with Crippen molar-refractivity contribution in [3.8, 4) is 0 Å². The Balaban J connectivity index is 1.66. The summed E-state index contributed by atoms with van der Waals surface area (Å²) in [7, 11) is 0. The maximum Gasteiger partial charge on any atom is 0.191 e. The van der Waals surface area contributed by atoms with E-state index in [1.54, 1.807) is 23.9 Å². The Morgan fingerprint density at radius 2 is 2.26 bits per heavy atom. The zero-order chi connectivity index (χ0) is 16.1. The third kappa shape index (κ3) is 4.24. The van der Waals surface area contributed by atoms with Gasteiger partial charge in [0.2, 0.25) is 0 Å². The first-order valence-corrected chi connectivity index (χ1v) is 8.52. The summed E-state index contributed by atoms with van der Waals surface area (Å²) in [6.45, 7) is 4.02. The van der Waals surface area contributed by atoms with Crippen LogP contribution in [0, 0.1) is 0 Å². The Morgan fingerprint density at radius 1 is 1.35 bits per heavy atom. The molecule has 0 saturated heterocycles. The molecule has 1 aromatic carbocycles. The normalized spacial score (nSPS) is 11.8. The van der Waals surface area contributed by atoms with E-state index in [0.717, 1.165) is 33.3 Å². The highest BCUT2D eigenvalue weighted by Crippen LogP contribution is 2.24. The summed E-state index contributed by atoms with van der Waals surface area (Å²) in [5, 5.41) is 8.22. The maximum atomic E-state index is 6.00. The molecule has 0 saturated carbocycles. The first-order chi connectivity index (χ1) is 11.2. The van der Waals surface area contributed by atoms with Crippen LogP contribution < -0.4 is 10.6 Å². The van der Waals surface area contributed by atoms with Gasteiger partial charge in [0.1, 0.15) is 5.01 Å². The number of hydrogen-bond acceptors (Lipinski definition) is 4. The summed E-state index contributed by atoms with van der Waals surface area (Å²) in [4.78, 5) is 9.12. The minimum atomic E-state index is 0.571. The summed E-state index contributed by atoms with van der Waals surface area (Å²) in [5.74, 6) is 0.756. The van der Waals surface area contributed by atoms with Crippen LogP contribution in [0.25, 0.3) is 10.2 Å². The average molecular weight is 349 g/mol. The van der Waals surface area contributed by atoms with E-state index in [2.05, 4.69) is 20.6 Å². The predicted octanol–water partition coefficient (Wildman–Crippen LogP) is 3.80. The second kappa shape index (κ2) is 7.48. The van der Waals surface area contributed by atoms with Crippen LogP contribution in [-0.2, 0) is 13.1 Å². The molecular weight excluding hydrogens is 332 g/mol. The van der Waals surface area contributed by atoms with E-state index in [9.17, 15) is 0 Å². The van der Waals surface area contributed by atoms with Gasteiger partial charge in [-0.25, -0.2) is 9.98 Å². The highest BCUT2D eigenvalue weighted by Gasteiger charge is 2.05. The van der Waals surface area contributed by atoms with Crippen molar-refractivity contribution in [3.05, 3.63) is 52.4 Å². The van der Waals surface area contributed by atoms with E-state index in [1.807, 2.05) is 31.2 Å². The number of guanidine groups is 1. The number of fused-ring (bicyclic) bond motifs is 1. The van der Waals surface area contributed by atoms with Crippen molar-refractivity contribution >= 4 is 39.1 Å². The monoisotopic (exact) mass is 348 g/mol. The van der Waals surface area contributed by atoms with E-state index in [1.165, 1.54) is 0 Å². The molecule has 3 aromatic rings. The number of rotatable bonds is 5. The van der Waals surface area contributed by atoms with Crippen LogP contribution in [-0.4, -0.2) is 17.5 Å². The Bertz CT molecular complexity index is 798. The minimum Gasteiger partial charge on any atom is -0.472 e. The van der Waals surface area contributed by atoms with Gasteiger partial charge in [0.25, 0.3) is 0 Å². The number of hydrogen-bond donors (Lipinski definition) is 2. The second-order valence-electron chi connectivity index (χ2n) is 4.90. The van der Waals surface area contributed by atoms with Crippen LogP contribution in [0.5, 0.6) is 0 Å². The van der Waals surface area contributed by atoms with Gasteiger partial charge in [0, 0.05) is 17.1 Å². The van der Waals surface area contributed by atoms with Gasteiger partial charge < -0.3 is 15.1 Å². The van der Waals surface area contributed by atoms with Gasteiger partial charge in [-0.2, -0.15) is 0 Å². The highest BCUT2D eigenvalue weighted by atomic mass is 35.5. The van der Waals surface area contributed by atoms with Crippen LogP contribution in [0.4, 0.5) is 0 Å². The largest absolute Gasteiger partial charge is 0.472 e. The zero-order valence-electron chi connectivity index (χ0n) is 12.7. The Labute approximate surface area is 143 Å². The molecule has 0 aliphatic rings. The molecule has 120 valence electrons. The zero-order valence-corrected chi connectivity index (χ0v) is 14.2. The fourth-order valence-corrected chi connectivity index (χ4v) is 3.13. The minimum absolute atomic E-state index is 0.571. The maximum absolute atomic E-state index is 6.00. The Kier molecular flexibility index (Phi) is 5.15. The molecule has 23 heavy (non-hydrogen) atoms. The molecule has 7 heteroatoms. The summed E-state index contributed by atoms with van der Waals surface area (Å²) in [5.41, 5.74) is 1.97. The number of benzene rings is 1. The van der Waals surface area contributed by atoms with Crippen molar-refractivity contribution in [2.45, 2.75) is 20.0 Å². The van der Waals surface area contributed by atoms with E-state index in [-0.39, 0.29) is 0 Å². The summed E-state index contributed by atoms with van der Waals surface area (Å²) in [6, 6.07) is 7.67. The summed E-state index contributed by atoms with van der Waals surface area (Å²) < 4.78 is 6.18. The molecule has 2 N–H and O–H groups in total. The van der Waals surface area contributed by atoms with Crippen molar-refractivity contribution in [2.75, 3.05) is 6.54 Å². The van der Waals surface area contributed by atoms with E-state index in [4.69, 9.17) is 16.0 Å². The fraction of sp³-hybridized carbons (Fsp3) is 0.250. The molecule has 0 spiro atoms. The van der Waals surface area contributed by atoms with Crippen molar-refractivity contribution in [1.82, 2.24) is 15.6 Å². The van der Waals surface area contributed by atoms with E-state index in [0.29, 0.717) is 18.1 Å². The molecule has 0 radical (unpaired) electrons. The molecule has 2 heterocycles. The molecule has 0 aliphatic heterocycles. The molecule has 0 atom stereocenters. The lowest BCUT2D eigenvalue weighted by Crippen LogP contribution is -2.36. The van der Waals surface area contributed by atoms with Gasteiger partial charge in [-0.05, 0) is 31.2 Å². The van der Waals surface area contributed by atoms with Crippen LogP contribution >= 0.6 is 22.9 Å². The lowest BCUT2D eigenvalue weighted by Gasteiger charge is -2.09. The Morgan fingerprint density at radius 3 is 3.04 bits per heavy atom. The lowest BCUT2D eigenvalue weighted by molar-refractivity contribution is 0.564. The third-order valence-corrected chi connectivity index (χ3v) is 4.42. The van der Waals surface area contributed by atoms with Gasteiger partial charge in [-0.3, -0.25) is 0 Å². The molecule has 5 nitrogen and oxygen atoms in total. The number of aromatic nitrogens is 1. The summed E-state index contributed by atoms with van der Waals surface area (Å²) >= 11 is 7.65. The fourth-order valence-electron chi connectivity index (χ4n) is 2.08. The van der Waals surface area contributed by atoms with Gasteiger partial charge in [-0.1, -0.05) is 11.6 Å². The molecule has 0 unspecified atom stereocenters. The SMILES string of the molecule is CCNC(=NCc1ccoc1)NCc1nc2cc(Cl)ccc2s1. The molecule has 0 aliphatic carbocycles. The van der Waals surface area contributed by atoms with Crippen LogP contribution in [0.2, 0.25) is 5.02 Å². The molecular formula is C16H17ClN4OS.